The molecular weight excluding hydrogens is 312 g/mol. The van der Waals surface area contributed by atoms with Crippen LogP contribution in [0.2, 0.25) is 0 Å². The lowest BCUT2D eigenvalue weighted by atomic mass is 10.1. The van der Waals surface area contributed by atoms with Crippen LogP contribution in [0, 0.1) is 6.92 Å². The molecule has 0 aliphatic rings. The minimum absolute atomic E-state index is 0.519. The van der Waals surface area contributed by atoms with Crippen molar-refractivity contribution in [2.24, 2.45) is 0 Å². The molecule has 1 atom stereocenters. The van der Waals surface area contributed by atoms with Crippen molar-refractivity contribution in [3.8, 4) is 0 Å². The molecule has 0 fully saturated rings. The molecule has 2 rings (SSSR count). The molecule has 0 saturated carbocycles. The number of hydrogen-bond acceptors (Lipinski definition) is 4. The van der Waals surface area contributed by atoms with Gasteiger partial charge in [-0.15, -0.1) is 0 Å². The molecule has 0 spiro atoms. The van der Waals surface area contributed by atoms with Crippen molar-refractivity contribution < 1.29 is 5.11 Å². The van der Waals surface area contributed by atoms with E-state index in [4.69, 9.17) is 0 Å². The summed E-state index contributed by atoms with van der Waals surface area (Å²) in [7, 11) is 0. The van der Waals surface area contributed by atoms with Gasteiger partial charge in [-0.05, 0) is 55.4 Å². The Morgan fingerprint density at radius 1 is 1.33 bits per heavy atom. The van der Waals surface area contributed by atoms with E-state index in [9.17, 15) is 5.11 Å². The Bertz CT molecular complexity index is 560. The van der Waals surface area contributed by atoms with Crippen LogP contribution in [0.1, 0.15) is 24.3 Å². The Labute approximate surface area is 119 Å². The first-order valence-electron chi connectivity index (χ1n) is 5.51. The first kappa shape index (κ1) is 13.5. The molecule has 94 valence electrons. The maximum Gasteiger partial charge on any atom is 0.192 e. The Balaban J connectivity index is 2.34. The average molecular weight is 325 g/mol. The first-order valence-corrected chi connectivity index (χ1v) is 7.12. The van der Waals surface area contributed by atoms with Crippen LogP contribution in [0.3, 0.4) is 0 Å². The zero-order chi connectivity index (χ0) is 13.1. The van der Waals surface area contributed by atoms with E-state index in [0.29, 0.717) is 5.16 Å². The molecule has 1 aromatic heterocycles. The van der Waals surface area contributed by atoms with E-state index in [0.717, 1.165) is 20.6 Å². The van der Waals surface area contributed by atoms with Gasteiger partial charge in [0.2, 0.25) is 0 Å². The third-order valence-electron chi connectivity index (χ3n) is 2.40. The van der Waals surface area contributed by atoms with Crippen LogP contribution >= 0.6 is 27.7 Å². The van der Waals surface area contributed by atoms with Gasteiger partial charge in [0, 0.05) is 21.3 Å². The molecule has 1 N–H and O–H groups in total. The second-order valence-corrected chi connectivity index (χ2v) is 5.87. The molecule has 0 aliphatic carbocycles. The fourth-order valence-electron chi connectivity index (χ4n) is 1.51. The van der Waals surface area contributed by atoms with E-state index in [-0.39, 0.29) is 0 Å². The zero-order valence-corrected chi connectivity index (χ0v) is 12.5. The number of benzene rings is 1. The van der Waals surface area contributed by atoms with Crippen LogP contribution in [0.15, 0.2) is 45.0 Å². The lowest BCUT2D eigenvalue weighted by Gasteiger charge is -2.11. The highest BCUT2D eigenvalue weighted by Crippen LogP contribution is 2.33. The minimum Gasteiger partial charge on any atom is -0.389 e. The Kier molecular flexibility index (Phi) is 4.37. The largest absolute Gasteiger partial charge is 0.389 e. The molecule has 0 amide bonds. The summed E-state index contributed by atoms with van der Waals surface area (Å²) in [6.45, 7) is 3.69. The fourth-order valence-corrected chi connectivity index (χ4v) is 2.87. The molecule has 0 radical (unpaired) electrons. The molecule has 2 aromatic rings. The highest BCUT2D eigenvalue weighted by atomic mass is 79.9. The average Bonchev–Trinajstić information content (AvgIpc) is 2.31. The molecule has 1 heterocycles. The summed E-state index contributed by atoms with van der Waals surface area (Å²) < 4.78 is 0.952. The van der Waals surface area contributed by atoms with E-state index < -0.39 is 6.10 Å². The smallest absolute Gasteiger partial charge is 0.192 e. The van der Waals surface area contributed by atoms with Crippen molar-refractivity contribution in [1.29, 1.82) is 0 Å². The minimum atomic E-state index is -0.519. The lowest BCUT2D eigenvalue weighted by molar-refractivity contribution is 0.196. The third kappa shape index (κ3) is 3.31. The molecular formula is C13H13BrN2OS. The van der Waals surface area contributed by atoms with E-state index in [1.807, 2.05) is 31.2 Å². The van der Waals surface area contributed by atoms with Gasteiger partial charge < -0.3 is 5.11 Å². The van der Waals surface area contributed by atoms with Crippen LogP contribution in [0.5, 0.6) is 0 Å². The van der Waals surface area contributed by atoms with Crippen LogP contribution in [0.4, 0.5) is 0 Å². The summed E-state index contributed by atoms with van der Waals surface area (Å²) in [6, 6.07) is 7.69. The quantitative estimate of drug-likeness (QED) is 0.873. The van der Waals surface area contributed by atoms with Crippen molar-refractivity contribution >= 4 is 27.7 Å². The molecule has 18 heavy (non-hydrogen) atoms. The monoisotopic (exact) mass is 324 g/mol. The number of nitrogens with zero attached hydrogens (tertiary/aromatic N) is 2. The summed E-state index contributed by atoms with van der Waals surface area (Å²) >= 11 is 4.87. The maximum atomic E-state index is 9.79. The first-order chi connectivity index (χ1) is 8.56. The molecule has 0 bridgehead atoms. The number of aliphatic hydroxyl groups is 1. The van der Waals surface area contributed by atoms with Gasteiger partial charge in [0.1, 0.15) is 0 Å². The number of aromatic nitrogens is 2. The van der Waals surface area contributed by atoms with Crippen molar-refractivity contribution in [3.63, 3.8) is 0 Å². The summed E-state index contributed by atoms with van der Waals surface area (Å²) in [5.41, 5.74) is 1.81. The van der Waals surface area contributed by atoms with Gasteiger partial charge in [-0.3, -0.25) is 0 Å². The SMILES string of the molecule is Cc1ccnc(Sc2ccc(Br)cc2C(C)O)n1. The van der Waals surface area contributed by atoms with Crippen LogP contribution in [0.25, 0.3) is 0 Å². The van der Waals surface area contributed by atoms with Gasteiger partial charge in [0.25, 0.3) is 0 Å². The van der Waals surface area contributed by atoms with Gasteiger partial charge >= 0.3 is 0 Å². The third-order valence-corrected chi connectivity index (χ3v) is 3.86. The topological polar surface area (TPSA) is 46.0 Å². The molecule has 1 aromatic carbocycles. The van der Waals surface area contributed by atoms with Crippen molar-refractivity contribution in [2.75, 3.05) is 0 Å². The van der Waals surface area contributed by atoms with Crippen molar-refractivity contribution in [1.82, 2.24) is 9.97 Å². The summed E-state index contributed by atoms with van der Waals surface area (Å²) in [5, 5.41) is 10.5. The summed E-state index contributed by atoms with van der Waals surface area (Å²) in [4.78, 5) is 9.54. The van der Waals surface area contributed by atoms with Crippen molar-refractivity contribution in [3.05, 3.63) is 46.2 Å². The van der Waals surface area contributed by atoms with Crippen LogP contribution < -0.4 is 0 Å². The van der Waals surface area contributed by atoms with Gasteiger partial charge in [0.15, 0.2) is 5.16 Å². The van der Waals surface area contributed by atoms with Gasteiger partial charge in [0.05, 0.1) is 6.10 Å². The van der Waals surface area contributed by atoms with E-state index in [1.165, 1.54) is 11.8 Å². The fraction of sp³-hybridized carbons (Fsp3) is 0.231. The maximum absolute atomic E-state index is 9.79. The number of aliphatic hydroxyl groups excluding tert-OH is 1. The number of halogens is 1. The van der Waals surface area contributed by atoms with E-state index >= 15 is 0 Å². The lowest BCUT2D eigenvalue weighted by Crippen LogP contribution is -1.95. The molecule has 5 heteroatoms. The number of aryl methyl sites for hydroxylation is 1. The Morgan fingerprint density at radius 3 is 2.78 bits per heavy atom. The van der Waals surface area contributed by atoms with Gasteiger partial charge in [-0.2, -0.15) is 0 Å². The molecule has 0 aliphatic heterocycles. The van der Waals surface area contributed by atoms with Crippen molar-refractivity contribution in [2.45, 2.75) is 30.0 Å². The predicted molar refractivity (Wildman–Crippen MR) is 75.7 cm³/mol. The molecule has 1 unspecified atom stereocenters. The van der Waals surface area contributed by atoms with Crippen LogP contribution in [-0.4, -0.2) is 15.1 Å². The summed E-state index contributed by atoms with van der Waals surface area (Å²) in [6.07, 6.45) is 1.22. The highest BCUT2D eigenvalue weighted by Gasteiger charge is 2.11. The number of hydrogen-bond donors (Lipinski definition) is 1. The van der Waals surface area contributed by atoms with E-state index in [2.05, 4.69) is 25.9 Å². The summed E-state index contributed by atoms with van der Waals surface area (Å²) in [5.74, 6) is 0. The zero-order valence-electron chi connectivity index (χ0n) is 10.1. The molecule has 0 saturated heterocycles. The standard InChI is InChI=1S/C13H13BrN2OS/c1-8-5-6-15-13(16-8)18-12-4-3-10(14)7-11(12)9(2)17/h3-7,9,17H,1-2H3. The van der Waals surface area contributed by atoms with Gasteiger partial charge in [-0.25, -0.2) is 9.97 Å². The Morgan fingerprint density at radius 2 is 2.11 bits per heavy atom. The predicted octanol–water partition coefficient (Wildman–Crippen LogP) is 3.75. The number of rotatable bonds is 3. The Hall–Kier alpha value is -0.910. The second-order valence-electron chi connectivity index (χ2n) is 3.94. The van der Waals surface area contributed by atoms with E-state index in [1.54, 1.807) is 13.1 Å². The van der Waals surface area contributed by atoms with Gasteiger partial charge in [-0.1, -0.05) is 15.9 Å². The van der Waals surface area contributed by atoms with Crippen LogP contribution in [-0.2, 0) is 0 Å². The highest BCUT2D eigenvalue weighted by molar-refractivity contribution is 9.10. The normalized spacial score (nSPS) is 12.4. The molecule has 3 nitrogen and oxygen atoms in total. The second kappa shape index (κ2) is 5.82.